The fraction of sp³-hybridized carbons (Fsp3) is 0.615. The lowest BCUT2D eigenvalue weighted by atomic mass is 10.0. The predicted octanol–water partition coefficient (Wildman–Crippen LogP) is 2.78. The molecule has 5 nitrogen and oxygen atoms in total. The molecule has 0 saturated heterocycles. The molecule has 1 unspecified atom stereocenters. The van der Waals surface area contributed by atoms with E-state index in [0.29, 0.717) is 15.8 Å². The summed E-state index contributed by atoms with van der Waals surface area (Å²) in [6.45, 7) is 7.53. The normalized spacial score (nSPS) is 13.5. The summed E-state index contributed by atoms with van der Waals surface area (Å²) in [5.74, 6) is 0.125. The molecule has 1 aromatic rings. The smallest absolute Gasteiger partial charge is 0.180 e. The number of carbonyl (C=O) groups excluding carboxylic acids is 1. The molecule has 0 saturated carbocycles. The fourth-order valence-electron chi connectivity index (χ4n) is 2.06. The zero-order chi connectivity index (χ0) is 15.7. The number of rotatable bonds is 6. The standard InChI is InChI=1S/C13H22N2O3S2/c1-6-9(7(2)3)15-13-12(20(5,17)18)10(14)11(19-13)8(4)16/h7,9,15H,6,14H2,1-5H3. The first-order valence-corrected chi connectivity index (χ1v) is 9.20. The number of carbonyl (C=O) groups is 1. The summed E-state index contributed by atoms with van der Waals surface area (Å²) in [5.41, 5.74) is 5.92. The second-order valence-corrected chi connectivity index (χ2v) is 8.21. The van der Waals surface area contributed by atoms with Gasteiger partial charge >= 0.3 is 0 Å². The lowest BCUT2D eigenvalue weighted by Gasteiger charge is -2.21. The minimum absolute atomic E-state index is 0.0480. The van der Waals surface area contributed by atoms with Crippen LogP contribution < -0.4 is 11.1 Å². The van der Waals surface area contributed by atoms with E-state index in [9.17, 15) is 13.2 Å². The van der Waals surface area contributed by atoms with Gasteiger partial charge in [-0.15, -0.1) is 11.3 Å². The van der Waals surface area contributed by atoms with Gasteiger partial charge in [-0.1, -0.05) is 20.8 Å². The van der Waals surface area contributed by atoms with Crippen molar-refractivity contribution in [3.63, 3.8) is 0 Å². The van der Waals surface area contributed by atoms with Crippen LogP contribution in [-0.4, -0.2) is 26.5 Å². The van der Waals surface area contributed by atoms with Crippen molar-refractivity contribution >= 4 is 37.6 Å². The van der Waals surface area contributed by atoms with Crippen LogP contribution in [0.1, 0.15) is 43.8 Å². The van der Waals surface area contributed by atoms with Gasteiger partial charge in [0.2, 0.25) is 0 Å². The summed E-state index contributed by atoms with van der Waals surface area (Å²) in [5, 5.41) is 3.69. The monoisotopic (exact) mass is 318 g/mol. The Morgan fingerprint density at radius 2 is 1.95 bits per heavy atom. The van der Waals surface area contributed by atoms with Crippen molar-refractivity contribution in [2.24, 2.45) is 5.92 Å². The van der Waals surface area contributed by atoms with Gasteiger partial charge in [0.05, 0.1) is 10.6 Å². The summed E-state index contributed by atoms with van der Waals surface area (Å²) in [7, 11) is -3.49. The van der Waals surface area contributed by atoms with E-state index in [2.05, 4.69) is 19.2 Å². The number of anilines is 2. The Bertz CT molecular complexity index is 603. The van der Waals surface area contributed by atoms with Crippen LogP contribution in [0.5, 0.6) is 0 Å². The number of hydrogen-bond donors (Lipinski definition) is 2. The number of nitrogen functional groups attached to an aromatic ring is 1. The molecule has 1 heterocycles. The van der Waals surface area contributed by atoms with E-state index >= 15 is 0 Å². The molecule has 1 atom stereocenters. The summed E-state index contributed by atoms with van der Waals surface area (Å²) >= 11 is 1.12. The second-order valence-electron chi connectivity index (χ2n) is 5.23. The van der Waals surface area contributed by atoms with Crippen LogP contribution in [0.2, 0.25) is 0 Å². The number of sulfone groups is 1. The molecule has 0 amide bonds. The number of thiophene rings is 1. The zero-order valence-corrected chi connectivity index (χ0v) is 14.1. The van der Waals surface area contributed by atoms with Crippen molar-refractivity contribution in [1.29, 1.82) is 0 Å². The molecule has 0 aliphatic heterocycles. The second kappa shape index (κ2) is 6.13. The van der Waals surface area contributed by atoms with Crippen LogP contribution in [0.25, 0.3) is 0 Å². The van der Waals surface area contributed by atoms with Gasteiger partial charge in [0.25, 0.3) is 0 Å². The largest absolute Gasteiger partial charge is 0.396 e. The van der Waals surface area contributed by atoms with E-state index in [1.54, 1.807) is 0 Å². The molecule has 3 N–H and O–H groups in total. The first-order chi connectivity index (χ1) is 9.09. The van der Waals surface area contributed by atoms with Crippen LogP contribution in [0, 0.1) is 5.92 Å². The maximum Gasteiger partial charge on any atom is 0.180 e. The first-order valence-electron chi connectivity index (χ1n) is 6.49. The number of nitrogens with two attached hydrogens (primary N) is 1. The van der Waals surface area contributed by atoms with Crippen molar-refractivity contribution in [1.82, 2.24) is 0 Å². The average molecular weight is 318 g/mol. The van der Waals surface area contributed by atoms with E-state index in [1.807, 2.05) is 6.92 Å². The Morgan fingerprint density at radius 1 is 1.40 bits per heavy atom. The molecule has 0 aliphatic rings. The summed E-state index contributed by atoms with van der Waals surface area (Å²) in [6, 6.07) is 0.133. The highest BCUT2D eigenvalue weighted by Crippen LogP contribution is 2.40. The van der Waals surface area contributed by atoms with E-state index in [0.717, 1.165) is 24.0 Å². The average Bonchev–Trinajstić information content (AvgIpc) is 2.62. The lowest BCUT2D eigenvalue weighted by Crippen LogP contribution is -2.24. The maximum absolute atomic E-state index is 11.9. The third-order valence-electron chi connectivity index (χ3n) is 3.15. The summed E-state index contributed by atoms with van der Waals surface area (Å²) in [6.07, 6.45) is 1.96. The quantitative estimate of drug-likeness (QED) is 0.787. The summed E-state index contributed by atoms with van der Waals surface area (Å²) in [4.78, 5) is 11.9. The fourth-order valence-corrected chi connectivity index (χ4v) is 4.58. The Balaban J connectivity index is 3.39. The molecule has 0 radical (unpaired) electrons. The Labute approximate surface area is 124 Å². The number of nitrogens with one attached hydrogen (secondary N) is 1. The molecule has 7 heteroatoms. The zero-order valence-electron chi connectivity index (χ0n) is 12.5. The van der Waals surface area contributed by atoms with Crippen LogP contribution in [0.3, 0.4) is 0 Å². The minimum Gasteiger partial charge on any atom is -0.396 e. The molecule has 0 aliphatic carbocycles. The van der Waals surface area contributed by atoms with Crippen molar-refractivity contribution < 1.29 is 13.2 Å². The van der Waals surface area contributed by atoms with E-state index in [4.69, 9.17) is 5.73 Å². The minimum atomic E-state index is -3.49. The Hall–Kier alpha value is -1.08. The molecular weight excluding hydrogens is 296 g/mol. The highest BCUT2D eigenvalue weighted by molar-refractivity contribution is 7.91. The third-order valence-corrected chi connectivity index (χ3v) is 5.68. The molecule has 114 valence electrons. The predicted molar refractivity (Wildman–Crippen MR) is 84.4 cm³/mol. The van der Waals surface area contributed by atoms with Gasteiger partial charge in [0, 0.05) is 19.2 Å². The molecule has 1 rings (SSSR count). The van der Waals surface area contributed by atoms with Crippen molar-refractivity contribution in [2.75, 3.05) is 17.3 Å². The van der Waals surface area contributed by atoms with Crippen molar-refractivity contribution in [3.8, 4) is 0 Å². The van der Waals surface area contributed by atoms with Gasteiger partial charge in [-0.3, -0.25) is 4.79 Å². The molecule has 0 fully saturated rings. The van der Waals surface area contributed by atoms with Gasteiger partial charge in [-0.05, 0) is 12.3 Å². The highest BCUT2D eigenvalue weighted by atomic mass is 32.2. The Kier molecular flexibility index (Phi) is 5.21. The molecular formula is C13H22N2O3S2. The third kappa shape index (κ3) is 3.52. The van der Waals surface area contributed by atoms with Crippen molar-refractivity contribution in [2.45, 2.75) is 45.1 Å². The van der Waals surface area contributed by atoms with Gasteiger partial charge in [0.1, 0.15) is 9.90 Å². The maximum atomic E-state index is 11.9. The molecule has 0 spiro atoms. The van der Waals surface area contributed by atoms with Gasteiger partial charge < -0.3 is 11.1 Å². The first kappa shape index (κ1) is 17.0. The molecule has 0 aromatic carbocycles. The van der Waals surface area contributed by atoms with Gasteiger partial charge in [-0.25, -0.2) is 8.42 Å². The highest BCUT2D eigenvalue weighted by Gasteiger charge is 2.27. The topological polar surface area (TPSA) is 89.3 Å². The Morgan fingerprint density at radius 3 is 2.30 bits per heavy atom. The lowest BCUT2D eigenvalue weighted by molar-refractivity contribution is 0.102. The molecule has 0 bridgehead atoms. The molecule has 20 heavy (non-hydrogen) atoms. The van der Waals surface area contributed by atoms with E-state index < -0.39 is 9.84 Å². The van der Waals surface area contributed by atoms with Crippen LogP contribution in [-0.2, 0) is 9.84 Å². The van der Waals surface area contributed by atoms with Crippen LogP contribution in [0.4, 0.5) is 10.7 Å². The van der Waals surface area contributed by atoms with Crippen LogP contribution in [0.15, 0.2) is 4.90 Å². The van der Waals surface area contributed by atoms with Crippen LogP contribution >= 0.6 is 11.3 Å². The van der Waals surface area contributed by atoms with Gasteiger partial charge in [-0.2, -0.15) is 0 Å². The van der Waals surface area contributed by atoms with E-state index in [1.165, 1.54) is 6.92 Å². The van der Waals surface area contributed by atoms with Gasteiger partial charge in [0.15, 0.2) is 15.6 Å². The number of ketones is 1. The SMILES string of the molecule is CCC(Nc1sc(C(C)=O)c(N)c1S(C)(=O)=O)C(C)C. The number of hydrogen-bond acceptors (Lipinski definition) is 6. The van der Waals surface area contributed by atoms with E-state index in [-0.39, 0.29) is 22.4 Å². The number of Topliss-reactive ketones (excluding diaryl/α,β-unsaturated/α-hetero) is 1. The molecule has 1 aromatic heterocycles. The summed E-state index contributed by atoms with van der Waals surface area (Å²) < 4.78 is 23.9. The van der Waals surface area contributed by atoms with Crippen molar-refractivity contribution in [3.05, 3.63) is 4.88 Å².